The monoisotopic (exact) mass is 216 g/mol. The van der Waals surface area contributed by atoms with Crippen molar-refractivity contribution in [3.05, 3.63) is 0 Å². The standard InChI is InChI=1S/C10H20N2OS/c13-14(10-1-2-10)8-7-12-9-3-5-11-6-4-9/h9-12H,1-8H2. The van der Waals surface area contributed by atoms with E-state index in [1.165, 1.54) is 25.7 Å². The van der Waals surface area contributed by atoms with Crippen molar-refractivity contribution in [3.63, 3.8) is 0 Å². The largest absolute Gasteiger partial charge is 0.317 e. The number of hydrogen-bond acceptors (Lipinski definition) is 3. The smallest absolute Gasteiger partial charge is 0.0362 e. The molecular weight excluding hydrogens is 196 g/mol. The highest BCUT2D eigenvalue weighted by Gasteiger charge is 2.27. The summed E-state index contributed by atoms with van der Waals surface area (Å²) in [5.74, 6) is 0.856. The molecule has 0 bridgehead atoms. The van der Waals surface area contributed by atoms with Crippen molar-refractivity contribution in [1.29, 1.82) is 0 Å². The summed E-state index contributed by atoms with van der Waals surface area (Å²) in [5, 5.41) is 7.39. The first-order chi connectivity index (χ1) is 6.86. The van der Waals surface area contributed by atoms with Gasteiger partial charge in [-0.05, 0) is 38.8 Å². The molecule has 1 saturated heterocycles. The van der Waals surface area contributed by atoms with Gasteiger partial charge in [-0.3, -0.25) is 4.21 Å². The van der Waals surface area contributed by atoms with Crippen LogP contribution in [0, 0.1) is 0 Å². The maximum atomic E-state index is 11.5. The quantitative estimate of drug-likeness (QED) is 0.692. The molecule has 4 heteroatoms. The first kappa shape index (κ1) is 10.6. The second kappa shape index (κ2) is 5.24. The van der Waals surface area contributed by atoms with E-state index < -0.39 is 10.8 Å². The molecular formula is C10H20N2OS. The maximum Gasteiger partial charge on any atom is 0.0362 e. The summed E-state index contributed by atoms with van der Waals surface area (Å²) in [6, 6.07) is 0.660. The Balaban J connectivity index is 1.54. The first-order valence-corrected chi connectivity index (χ1v) is 7.06. The average Bonchev–Trinajstić information content (AvgIpc) is 3.02. The molecule has 2 N–H and O–H groups in total. The molecule has 3 nitrogen and oxygen atoms in total. The van der Waals surface area contributed by atoms with E-state index in [1.54, 1.807) is 0 Å². The minimum absolute atomic E-state index is 0.543. The van der Waals surface area contributed by atoms with Crippen LogP contribution in [0.4, 0.5) is 0 Å². The summed E-state index contributed by atoms with van der Waals surface area (Å²) < 4.78 is 11.5. The summed E-state index contributed by atoms with van der Waals surface area (Å²) in [6.45, 7) is 3.19. The van der Waals surface area contributed by atoms with Crippen LogP contribution in [-0.2, 0) is 10.8 Å². The number of hydrogen-bond donors (Lipinski definition) is 2. The van der Waals surface area contributed by atoms with Gasteiger partial charge in [-0.2, -0.15) is 0 Å². The van der Waals surface area contributed by atoms with Crippen molar-refractivity contribution in [2.45, 2.75) is 37.0 Å². The van der Waals surface area contributed by atoms with Gasteiger partial charge in [-0.15, -0.1) is 0 Å². The molecule has 1 heterocycles. The van der Waals surface area contributed by atoms with Gasteiger partial charge in [-0.1, -0.05) is 0 Å². The number of piperidine rings is 1. The highest BCUT2D eigenvalue weighted by molar-refractivity contribution is 7.85. The van der Waals surface area contributed by atoms with E-state index in [0.29, 0.717) is 11.3 Å². The third kappa shape index (κ3) is 3.33. The van der Waals surface area contributed by atoms with Crippen LogP contribution in [0.1, 0.15) is 25.7 Å². The third-order valence-electron chi connectivity index (χ3n) is 2.97. The molecule has 82 valence electrons. The molecule has 1 aliphatic heterocycles. The second-order valence-corrected chi connectivity index (χ2v) is 6.10. The number of rotatable bonds is 5. The van der Waals surface area contributed by atoms with Crippen LogP contribution in [-0.4, -0.2) is 40.9 Å². The van der Waals surface area contributed by atoms with Gasteiger partial charge in [0, 0.05) is 34.4 Å². The lowest BCUT2D eigenvalue weighted by molar-refractivity contribution is 0.395. The van der Waals surface area contributed by atoms with E-state index >= 15 is 0 Å². The molecule has 1 unspecified atom stereocenters. The van der Waals surface area contributed by atoms with Crippen molar-refractivity contribution in [1.82, 2.24) is 10.6 Å². The topological polar surface area (TPSA) is 41.1 Å². The zero-order valence-corrected chi connectivity index (χ0v) is 9.44. The minimum Gasteiger partial charge on any atom is -0.317 e. The van der Waals surface area contributed by atoms with Crippen LogP contribution in [0.15, 0.2) is 0 Å². The van der Waals surface area contributed by atoms with Gasteiger partial charge in [0.2, 0.25) is 0 Å². The van der Waals surface area contributed by atoms with Crippen molar-refractivity contribution in [2.75, 3.05) is 25.4 Å². The Labute approximate surface area is 88.5 Å². The van der Waals surface area contributed by atoms with Crippen LogP contribution < -0.4 is 10.6 Å². The second-order valence-electron chi connectivity index (χ2n) is 4.26. The highest BCUT2D eigenvalue weighted by Crippen LogP contribution is 2.25. The number of nitrogens with one attached hydrogen (secondary N) is 2. The van der Waals surface area contributed by atoms with E-state index in [2.05, 4.69) is 10.6 Å². The molecule has 1 saturated carbocycles. The van der Waals surface area contributed by atoms with Crippen LogP contribution in [0.25, 0.3) is 0 Å². The fourth-order valence-electron chi connectivity index (χ4n) is 1.89. The van der Waals surface area contributed by atoms with E-state index in [9.17, 15) is 4.21 Å². The molecule has 0 spiro atoms. The molecule has 0 aromatic heterocycles. The predicted octanol–water partition coefficient (Wildman–Crippen LogP) is 0.239. The molecule has 2 rings (SSSR count). The average molecular weight is 216 g/mol. The Bertz CT molecular complexity index is 200. The molecule has 14 heavy (non-hydrogen) atoms. The lowest BCUT2D eigenvalue weighted by atomic mass is 10.1. The van der Waals surface area contributed by atoms with E-state index in [-0.39, 0.29) is 0 Å². The van der Waals surface area contributed by atoms with E-state index in [0.717, 1.165) is 25.4 Å². The Kier molecular flexibility index (Phi) is 3.96. The van der Waals surface area contributed by atoms with Crippen molar-refractivity contribution < 1.29 is 4.21 Å². The fraction of sp³-hybridized carbons (Fsp3) is 1.00. The van der Waals surface area contributed by atoms with Gasteiger partial charge in [-0.25, -0.2) is 0 Å². The third-order valence-corrected chi connectivity index (χ3v) is 4.79. The summed E-state index contributed by atoms with van der Waals surface area (Å²) in [7, 11) is -0.543. The van der Waals surface area contributed by atoms with Gasteiger partial charge in [0.25, 0.3) is 0 Å². The van der Waals surface area contributed by atoms with Crippen LogP contribution in [0.2, 0.25) is 0 Å². The molecule has 0 amide bonds. The fourth-order valence-corrected chi connectivity index (χ4v) is 3.20. The van der Waals surface area contributed by atoms with Crippen molar-refractivity contribution in [3.8, 4) is 0 Å². The van der Waals surface area contributed by atoms with Crippen molar-refractivity contribution >= 4 is 10.8 Å². The Hall–Kier alpha value is 0.0700. The lowest BCUT2D eigenvalue weighted by Crippen LogP contribution is -2.41. The van der Waals surface area contributed by atoms with E-state index in [1.807, 2.05) is 0 Å². The summed E-state index contributed by atoms with van der Waals surface area (Å²) in [4.78, 5) is 0. The van der Waals surface area contributed by atoms with Gasteiger partial charge in [0.05, 0.1) is 0 Å². The Morgan fingerprint density at radius 2 is 1.93 bits per heavy atom. The first-order valence-electron chi connectivity index (χ1n) is 5.67. The van der Waals surface area contributed by atoms with Gasteiger partial charge >= 0.3 is 0 Å². The zero-order valence-electron chi connectivity index (χ0n) is 8.63. The normalized spacial score (nSPS) is 26.3. The Morgan fingerprint density at radius 1 is 1.21 bits per heavy atom. The van der Waals surface area contributed by atoms with Crippen molar-refractivity contribution in [2.24, 2.45) is 0 Å². The molecule has 1 aliphatic carbocycles. The molecule has 0 aromatic carbocycles. The summed E-state index contributed by atoms with van der Waals surface area (Å²) in [5.41, 5.74) is 0. The van der Waals surface area contributed by atoms with Crippen LogP contribution in [0.5, 0.6) is 0 Å². The van der Waals surface area contributed by atoms with Crippen LogP contribution >= 0.6 is 0 Å². The minimum atomic E-state index is -0.543. The predicted molar refractivity (Wildman–Crippen MR) is 59.9 cm³/mol. The van der Waals surface area contributed by atoms with Gasteiger partial charge in [0.1, 0.15) is 0 Å². The van der Waals surface area contributed by atoms with Gasteiger partial charge in [0.15, 0.2) is 0 Å². The highest BCUT2D eigenvalue weighted by atomic mass is 32.2. The molecule has 0 radical (unpaired) electrons. The SMILES string of the molecule is O=S(CCNC1CCNCC1)C1CC1. The molecule has 2 fully saturated rings. The summed E-state index contributed by atoms with van der Waals surface area (Å²) >= 11 is 0. The molecule has 1 atom stereocenters. The maximum absolute atomic E-state index is 11.5. The zero-order chi connectivity index (χ0) is 9.80. The van der Waals surface area contributed by atoms with Crippen LogP contribution in [0.3, 0.4) is 0 Å². The van der Waals surface area contributed by atoms with E-state index in [4.69, 9.17) is 0 Å². The molecule has 2 aliphatic rings. The van der Waals surface area contributed by atoms with Gasteiger partial charge < -0.3 is 10.6 Å². The lowest BCUT2D eigenvalue weighted by Gasteiger charge is -2.23. The Morgan fingerprint density at radius 3 is 2.57 bits per heavy atom. The summed E-state index contributed by atoms with van der Waals surface area (Å²) in [6.07, 6.45) is 4.83. The molecule has 0 aromatic rings.